The molecular formula is C22H23NO3. The van der Waals surface area contributed by atoms with E-state index < -0.39 is 0 Å². The Balaban J connectivity index is 1.62. The van der Waals surface area contributed by atoms with Crippen LogP contribution in [0.3, 0.4) is 0 Å². The molecule has 0 radical (unpaired) electrons. The number of fused-ring (bicyclic) bond motifs is 1. The monoisotopic (exact) mass is 349 g/mol. The van der Waals surface area contributed by atoms with Crippen molar-refractivity contribution in [3.63, 3.8) is 0 Å². The van der Waals surface area contributed by atoms with E-state index in [2.05, 4.69) is 0 Å². The highest BCUT2D eigenvalue weighted by Gasteiger charge is 2.46. The van der Waals surface area contributed by atoms with E-state index >= 15 is 0 Å². The Kier molecular flexibility index (Phi) is 4.27. The van der Waals surface area contributed by atoms with Crippen LogP contribution in [0, 0.1) is 5.41 Å². The number of piperidine rings is 1. The molecule has 26 heavy (non-hydrogen) atoms. The van der Waals surface area contributed by atoms with Crippen molar-refractivity contribution in [2.45, 2.75) is 32.1 Å². The molecule has 1 unspecified atom stereocenters. The number of benzene rings is 2. The second kappa shape index (κ2) is 6.60. The number of amides is 1. The lowest BCUT2D eigenvalue weighted by Gasteiger charge is -2.44. The van der Waals surface area contributed by atoms with E-state index in [4.69, 9.17) is 4.74 Å². The summed E-state index contributed by atoms with van der Waals surface area (Å²) in [5, 5.41) is 0. The number of hydrogen-bond acceptors (Lipinski definition) is 3. The molecule has 1 spiro atoms. The molecule has 1 aliphatic carbocycles. The van der Waals surface area contributed by atoms with Crippen molar-refractivity contribution in [1.29, 1.82) is 0 Å². The molecule has 1 atom stereocenters. The third-order valence-corrected chi connectivity index (χ3v) is 5.83. The van der Waals surface area contributed by atoms with Gasteiger partial charge >= 0.3 is 5.97 Å². The molecule has 0 saturated carbocycles. The molecule has 134 valence electrons. The first-order valence-electron chi connectivity index (χ1n) is 9.20. The van der Waals surface area contributed by atoms with Gasteiger partial charge in [0, 0.05) is 12.2 Å². The van der Waals surface area contributed by atoms with E-state index in [1.54, 1.807) is 0 Å². The van der Waals surface area contributed by atoms with E-state index in [-0.39, 0.29) is 17.3 Å². The highest BCUT2D eigenvalue weighted by molar-refractivity contribution is 5.99. The lowest BCUT2D eigenvalue weighted by Crippen LogP contribution is -2.51. The fourth-order valence-electron chi connectivity index (χ4n) is 4.42. The number of hydrogen-bond donors (Lipinski definition) is 0. The van der Waals surface area contributed by atoms with Crippen LogP contribution in [0.25, 0.3) is 0 Å². The first kappa shape index (κ1) is 16.8. The molecular weight excluding hydrogens is 326 g/mol. The van der Waals surface area contributed by atoms with E-state index in [1.165, 1.54) is 18.2 Å². The van der Waals surface area contributed by atoms with Gasteiger partial charge in [-0.1, -0.05) is 24.3 Å². The molecule has 4 rings (SSSR count). The molecule has 0 bridgehead atoms. The lowest BCUT2D eigenvalue weighted by molar-refractivity contribution is -0.131. The van der Waals surface area contributed by atoms with E-state index in [0.29, 0.717) is 5.56 Å². The predicted octanol–water partition coefficient (Wildman–Crippen LogP) is 3.78. The van der Waals surface area contributed by atoms with Crippen LogP contribution in [-0.2, 0) is 22.4 Å². The number of nitrogens with zero attached hydrogens (tertiary/aromatic N) is 1. The number of esters is 1. The Hall–Kier alpha value is -2.62. The molecule has 2 aliphatic rings. The summed E-state index contributed by atoms with van der Waals surface area (Å²) in [6.07, 6.45) is 4.39. The second-order valence-corrected chi connectivity index (χ2v) is 7.33. The molecule has 2 aromatic carbocycles. The van der Waals surface area contributed by atoms with Crippen LogP contribution in [0.2, 0.25) is 0 Å². The van der Waals surface area contributed by atoms with Crippen molar-refractivity contribution in [2.24, 2.45) is 5.41 Å². The minimum atomic E-state index is -0.312. The summed E-state index contributed by atoms with van der Waals surface area (Å²) in [6, 6.07) is 15.7. The van der Waals surface area contributed by atoms with Crippen LogP contribution in [0.1, 0.15) is 40.7 Å². The summed E-state index contributed by atoms with van der Waals surface area (Å²) in [6.45, 7) is 0.790. The van der Waals surface area contributed by atoms with Crippen LogP contribution in [0.15, 0.2) is 48.5 Å². The average molecular weight is 349 g/mol. The quantitative estimate of drug-likeness (QED) is 0.775. The first-order chi connectivity index (χ1) is 12.6. The summed E-state index contributed by atoms with van der Waals surface area (Å²) >= 11 is 0. The fraction of sp³-hybridized carbons (Fsp3) is 0.364. The fourth-order valence-corrected chi connectivity index (χ4v) is 4.42. The molecule has 0 N–H and O–H groups in total. The normalized spacial score (nSPS) is 22.2. The third-order valence-electron chi connectivity index (χ3n) is 5.83. The maximum absolute atomic E-state index is 13.4. The number of aryl methyl sites for hydroxylation is 1. The Labute approximate surface area is 153 Å². The molecule has 2 aromatic rings. The summed E-state index contributed by atoms with van der Waals surface area (Å²) in [7, 11) is 1.40. The predicted molar refractivity (Wildman–Crippen MR) is 100 cm³/mol. The number of anilines is 1. The maximum atomic E-state index is 13.4. The zero-order chi connectivity index (χ0) is 18.1. The lowest BCUT2D eigenvalue weighted by atomic mass is 9.66. The molecule has 1 saturated heterocycles. The van der Waals surface area contributed by atoms with Gasteiger partial charge in [-0.3, -0.25) is 4.79 Å². The van der Waals surface area contributed by atoms with Crippen LogP contribution < -0.4 is 4.90 Å². The summed E-state index contributed by atoms with van der Waals surface area (Å²) < 4.78 is 4.82. The number of ether oxygens (including phenoxy) is 1. The van der Waals surface area contributed by atoms with Crippen molar-refractivity contribution in [1.82, 2.24) is 0 Å². The Morgan fingerprint density at radius 3 is 2.65 bits per heavy atom. The van der Waals surface area contributed by atoms with Crippen LogP contribution in [-0.4, -0.2) is 25.5 Å². The smallest absolute Gasteiger partial charge is 0.337 e. The number of para-hydroxylation sites is 1. The molecule has 1 amide bonds. The SMILES string of the molecule is COC(=O)c1ccc2c(c1)CCC1(CCCN(c3ccccc3)C1=O)C2. The highest BCUT2D eigenvalue weighted by atomic mass is 16.5. The molecule has 1 heterocycles. The number of methoxy groups -OCH3 is 1. The number of carbonyl (C=O) groups excluding carboxylic acids is 2. The van der Waals surface area contributed by atoms with Crippen molar-refractivity contribution >= 4 is 17.6 Å². The van der Waals surface area contributed by atoms with Gasteiger partial charge in [-0.25, -0.2) is 4.79 Å². The standard InChI is InChI=1S/C22H23NO3/c1-26-20(24)17-8-9-18-15-22(12-10-16(18)14-17)11-5-13-23(21(22)25)19-6-3-2-4-7-19/h2-4,6-9,14H,5,10-13,15H2,1H3. The molecule has 4 heteroatoms. The number of rotatable bonds is 2. The summed E-state index contributed by atoms with van der Waals surface area (Å²) in [5.41, 5.74) is 3.62. The van der Waals surface area contributed by atoms with Crippen LogP contribution >= 0.6 is 0 Å². The van der Waals surface area contributed by atoms with Crippen molar-refractivity contribution in [3.05, 3.63) is 65.2 Å². The largest absolute Gasteiger partial charge is 0.465 e. The third kappa shape index (κ3) is 2.79. The topological polar surface area (TPSA) is 46.6 Å². The van der Waals surface area contributed by atoms with E-state index in [0.717, 1.165) is 44.3 Å². The van der Waals surface area contributed by atoms with E-state index in [9.17, 15) is 9.59 Å². The molecule has 0 aromatic heterocycles. The Morgan fingerprint density at radius 1 is 1.08 bits per heavy atom. The highest BCUT2D eigenvalue weighted by Crippen LogP contribution is 2.44. The second-order valence-electron chi connectivity index (χ2n) is 7.33. The van der Waals surface area contributed by atoms with Gasteiger partial charge in [-0.2, -0.15) is 0 Å². The number of carbonyl (C=O) groups is 2. The summed E-state index contributed by atoms with van der Waals surface area (Å²) in [5.74, 6) is -0.0604. The average Bonchev–Trinajstić information content (AvgIpc) is 2.70. The van der Waals surface area contributed by atoms with Gasteiger partial charge in [-0.15, -0.1) is 0 Å². The van der Waals surface area contributed by atoms with Gasteiger partial charge < -0.3 is 9.64 Å². The zero-order valence-electron chi connectivity index (χ0n) is 15.0. The van der Waals surface area contributed by atoms with Crippen LogP contribution in [0.4, 0.5) is 5.69 Å². The van der Waals surface area contributed by atoms with Crippen LogP contribution in [0.5, 0.6) is 0 Å². The Morgan fingerprint density at radius 2 is 1.88 bits per heavy atom. The van der Waals surface area contributed by atoms with Gasteiger partial charge in [0.05, 0.1) is 18.1 Å². The minimum absolute atomic E-state index is 0.248. The summed E-state index contributed by atoms with van der Waals surface area (Å²) in [4.78, 5) is 27.1. The maximum Gasteiger partial charge on any atom is 0.337 e. The van der Waals surface area contributed by atoms with E-state index in [1.807, 2.05) is 53.4 Å². The van der Waals surface area contributed by atoms with Gasteiger partial charge in [0.25, 0.3) is 0 Å². The van der Waals surface area contributed by atoms with Crippen molar-refractivity contribution in [3.8, 4) is 0 Å². The first-order valence-corrected chi connectivity index (χ1v) is 9.20. The molecule has 4 nitrogen and oxygen atoms in total. The minimum Gasteiger partial charge on any atom is -0.465 e. The van der Waals surface area contributed by atoms with Crippen molar-refractivity contribution < 1.29 is 14.3 Å². The molecule has 1 fully saturated rings. The van der Waals surface area contributed by atoms with Crippen molar-refractivity contribution in [2.75, 3.05) is 18.6 Å². The van der Waals surface area contributed by atoms with Gasteiger partial charge in [0.2, 0.25) is 5.91 Å². The van der Waals surface area contributed by atoms with Gasteiger partial charge in [-0.05, 0) is 67.5 Å². The molecule has 1 aliphatic heterocycles. The zero-order valence-corrected chi connectivity index (χ0v) is 15.0. The van der Waals surface area contributed by atoms with Gasteiger partial charge in [0.1, 0.15) is 0 Å². The Bertz CT molecular complexity index is 846. The van der Waals surface area contributed by atoms with Gasteiger partial charge in [0.15, 0.2) is 0 Å².